The van der Waals surface area contributed by atoms with E-state index in [0.29, 0.717) is 36.0 Å². The first-order chi connectivity index (χ1) is 13.7. The Morgan fingerprint density at radius 1 is 1.00 bits per heavy atom. The van der Waals surface area contributed by atoms with Crippen molar-refractivity contribution in [2.24, 2.45) is 0 Å². The van der Waals surface area contributed by atoms with Crippen LogP contribution in [0.1, 0.15) is 10.4 Å². The first-order valence-electron chi connectivity index (χ1n) is 8.96. The zero-order chi connectivity index (χ0) is 19.8. The summed E-state index contributed by atoms with van der Waals surface area (Å²) < 4.78 is 10.3. The third kappa shape index (κ3) is 4.86. The van der Waals surface area contributed by atoms with Gasteiger partial charge in [-0.15, -0.1) is 0 Å². The van der Waals surface area contributed by atoms with E-state index in [1.54, 1.807) is 26.4 Å². The van der Waals surface area contributed by atoms with Crippen LogP contribution in [0.15, 0.2) is 66.7 Å². The number of carbonyl (C=O) groups is 1. The zero-order valence-corrected chi connectivity index (χ0v) is 15.9. The van der Waals surface area contributed by atoms with Crippen molar-refractivity contribution in [3.8, 4) is 17.0 Å². The van der Waals surface area contributed by atoms with E-state index in [9.17, 15) is 4.79 Å². The summed E-state index contributed by atoms with van der Waals surface area (Å²) in [5.74, 6) is 0.938. The number of anilines is 2. The molecular weight excluding hydrogens is 354 g/mol. The molecule has 0 aliphatic carbocycles. The molecule has 0 saturated heterocycles. The molecule has 3 aromatic rings. The van der Waals surface area contributed by atoms with E-state index < -0.39 is 0 Å². The largest absolute Gasteiger partial charge is 0.497 e. The van der Waals surface area contributed by atoms with Gasteiger partial charge in [-0.25, -0.2) is 4.98 Å². The molecule has 0 unspecified atom stereocenters. The number of aromatic nitrogens is 1. The van der Waals surface area contributed by atoms with Crippen molar-refractivity contribution in [3.05, 3.63) is 72.3 Å². The van der Waals surface area contributed by atoms with Gasteiger partial charge in [-0.3, -0.25) is 4.79 Å². The molecule has 0 radical (unpaired) electrons. The molecule has 1 aromatic heterocycles. The summed E-state index contributed by atoms with van der Waals surface area (Å²) in [5.41, 5.74) is 2.88. The van der Waals surface area contributed by atoms with Crippen LogP contribution < -0.4 is 15.4 Å². The number of hydrogen-bond acceptors (Lipinski definition) is 5. The number of amides is 1. The fourth-order valence-electron chi connectivity index (χ4n) is 2.72. The molecule has 0 aliphatic rings. The van der Waals surface area contributed by atoms with Crippen LogP contribution in [0, 0.1) is 0 Å². The Morgan fingerprint density at radius 2 is 1.82 bits per heavy atom. The number of rotatable bonds is 8. The van der Waals surface area contributed by atoms with E-state index in [-0.39, 0.29) is 5.91 Å². The quantitative estimate of drug-likeness (QED) is 0.579. The number of carbonyl (C=O) groups excluding carboxylic acids is 1. The Balaban J connectivity index is 1.88. The highest BCUT2D eigenvalue weighted by Crippen LogP contribution is 2.23. The van der Waals surface area contributed by atoms with Gasteiger partial charge in [0.05, 0.1) is 25.0 Å². The predicted octanol–water partition coefficient (Wildman–Crippen LogP) is 4.07. The number of methoxy groups -OCH3 is 2. The molecule has 6 nitrogen and oxygen atoms in total. The fraction of sp³-hybridized carbons (Fsp3) is 0.182. The summed E-state index contributed by atoms with van der Waals surface area (Å²) in [6, 6.07) is 20.7. The fourth-order valence-corrected chi connectivity index (χ4v) is 2.72. The molecule has 0 aliphatic heterocycles. The van der Waals surface area contributed by atoms with Crippen LogP contribution in [0.3, 0.4) is 0 Å². The summed E-state index contributed by atoms with van der Waals surface area (Å²) in [4.78, 5) is 17.5. The van der Waals surface area contributed by atoms with E-state index in [1.807, 2.05) is 54.6 Å². The minimum absolute atomic E-state index is 0.250. The van der Waals surface area contributed by atoms with Crippen molar-refractivity contribution in [2.75, 3.05) is 38.0 Å². The van der Waals surface area contributed by atoms with Crippen LogP contribution >= 0.6 is 0 Å². The topological polar surface area (TPSA) is 72.5 Å². The van der Waals surface area contributed by atoms with Crippen LogP contribution in [0.5, 0.6) is 5.75 Å². The number of nitrogens with one attached hydrogen (secondary N) is 2. The molecule has 28 heavy (non-hydrogen) atoms. The van der Waals surface area contributed by atoms with Crippen molar-refractivity contribution < 1.29 is 14.3 Å². The minimum Gasteiger partial charge on any atom is -0.497 e. The Morgan fingerprint density at radius 3 is 2.57 bits per heavy atom. The molecule has 0 bridgehead atoms. The number of nitrogens with zero attached hydrogens (tertiary/aromatic N) is 1. The Labute approximate surface area is 164 Å². The highest BCUT2D eigenvalue weighted by atomic mass is 16.5. The summed E-state index contributed by atoms with van der Waals surface area (Å²) in [6.45, 7) is 1.05. The maximum atomic E-state index is 12.9. The van der Waals surface area contributed by atoms with E-state index in [0.717, 1.165) is 11.3 Å². The number of ether oxygens (including phenoxy) is 2. The van der Waals surface area contributed by atoms with Gasteiger partial charge < -0.3 is 20.1 Å². The zero-order valence-electron chi connectivity index (χ0n) is 15.9. The van der Waals surface area contributed by atoms with Gasteiger partial charge in [0.15, 0.2) is 0 Å². The van der Waals surface area contributed by atoms with Gasteiger partial charge >= 0.3 is 0 Å². The Hall–Kier alpha value is -3.38. The monoisotopic (exact) mass is 377 g/mol. The van der Waals surface area contributed by atoms with Crippen molar-refractivity contribution in [1.82, 2.24) is 4.98 Å². The first kappa shape index (κ1) is 19.4. The number of hydrogen-bond donors (Lipinski definition) is 2. The molecule has 1 amide bonds. The normalized spacial score (nSPS) is 10.4. The number of benzene rings is 2. The molecule has 2 N–H and O–H groups in total. The van der Waals surface area contributed by atoms with Crippen molar-refractivity contribution in [3.63, 3.8) is 0 Å². The SMILES string of the molecule is COCCNc1nc(-c2ccccc2)ccc1C(=O)Nc1cccc(OC)c1. The van der Waals surface area contributed by atoms with E-state index in [1.165, 1.54) is 0 Å². The third-order valence-corrected chi connectivity index (χ3v) is 4.14. The molecule has 6 heteroatoms. The van der Waals surface area contributed by atoms with Crippen LogP contribution in [-0.4, -0.2) is 38.3 Å². The molecular formula is C22H23N3O3. The molecule has 3 rings (SSSR count). The lowest BCUT2D eigenvalue weighted by Gasteiger charge is -2.13. The van der Waals surface area contributed by atoms with Crippen molar-refractivity contribution >= 4 is 17.4 Å². The number of pyridine rings is 1. The average Bonchev–Trinajstić information content (AvgIpc) is 2.74. The highest BCUT2D eigenvalue weighted by molar-refractivity contribution is 6.07. The lowest BCUT2D eigenvalue weighted by atomic mass is 10.1. The van der Waals surface area contributed by atoms with Gasteiger partial charge in [0.1, 0.15) is 11.6 Å². The van der Waals surface area contributed by atoms with Gasteiger partial charge in [0.2, 0.25) is 0 Å². The summed E-state index contributed by atoms with van der Waals surface area (Å²) in [5, 5.41) is 6.08. The summed E-state index contributed by atoms with van der Waals surface area (Å²) in [6.07, 6.45) is 0. The van der Waals surface area contributed by atoms with Gasteiger partial charge in [-0.2, -0.15) is 0 Å². The predicted molar refractivity (Wildman–Crippen MR) is 111 cm³/mol. The minimum atomic E-state index is -0.250. The second kappa shape index (κ2) is 9.53. The van der Waals surface area contributed by atoms with Gasteiger partial charge in [0.25, 0.3) is 5.91 Å². The lowest BCUT2D eigenvalue weighted by Crippen LogP contribution is -2.18. The third-order valence-electron chi connectivity index (χ3n) is 4.14. The molecule has 0 fully saturated rings. The van der Waals surface area contributed by atoms with Crippen LogP contribution in [0.25, 0.3) is 11.3 Å². The Kier molecular flexibility index (Phi) is 6.59. The average molecular weight is 377 g/mol. The van der Waals surface area contributed by atoms with E-state index >= 15 is 0 Å². The molecule has 0 atom stereocenters. The second-order valence-electron chi connectivity index (χ2n) is 6.06. The van der Waals surface area contributed by atoms with Crippen LogP contribution in [0.2, 0.25) is 0 Å². The van der Waals surface area contributed by atoms with E-state index in [2.05, 4.69) is 15.6 Å². The highest BCUT2D eigenvalue weighted by Gasteiger charge is 2.15. The standard InChI is InChI=1S/C22H23N3O3/c1-27-14-13-23-21-19(11-12-20(25-21)16-7-4-3-5-8-16)22(26)24-17-9-6-10-18(15-17)28-2/h3-12,15H,13-14H2,1-2H3,(H,23,25)(H,24,26). The lowest BCUT2D eigenvalue weighted by molar-refractivity contribution is 0.102. The molecule has 1 heterocycles. The molecule has 0 spiro atoms. The summed E-state index contributed by atoms with van der Waals surface area (Å²) >= 11 is 0. The van der Waals surface area contributed by atoms with E-state index in [4.69, 9.17) is 9.47 Å². The smallest absolute Gasteiger partial charge is 0.259 e. The molecule has 0 saturated carbocycles. The Bertz CT molecular complexity index is 929. The molecule has 2 aromatic carbocycles. The maximum absolute atomic E-state index is 12.9. The van der Waals surface area contributed by atoms with Gasteiger partial charge in [-0.1, -0.05) is 36.4 Å². The van der Waals surface area contributed by atoms with Crippen LogP contribution in [0.4, 0.5) is 11.5 Å². The maximum Gasteiger partial charge on any atom is 0.259 e. The van der Waals surface area contributed by atoms with Crippen molar-refractivity contribution in [1.29, 1.82) is 0 Å². The second-order valence-corrected chi connectivity index (χ2v) is 6.06. The van der Waals surface area contributed by atoms with Gasteiger partial charge in [-0.05, 0) is 24.3 Å². The molecule has 144 valence electrons. The van der Waals surface area contributed by atoms with Gasteiger partial charge in [0, 0.05) is 31.0 Å². The first-order valence-corrected chi connectivity index (χ1v) is 8.96. The van der Waals surface area contributed by atoms with Crippen LogP contribution in [-0.2, 0) is 4.74 Å². The summed E-state index contributed by atoms with van der Waals surface area (Å²) in [7, 11) is 3.22. The van der Waals surface area contributed by atoms with Crippen molar-refractivity contribution in [2.45, 2.75) is 0 Å².